The number of pyridine rings is 1. The lowest BCUT2D eigenvalue weighted by atomic mass is 9.77. The molecule has 1 fully saturated rings. The van der Waals surface area contributed by atoms with Crippen molar-refractivity contribution >= 4 is 11.7 Å². The molecule has 6 nitrogen and oxygen atoms in total. The van der Waals surface area contributed by atoms with Crippen LogP contribution < -0.4 is 10.9 Å². The van der Waals surface area contributed by atoms with E-state index in [1.807, 2.05) is 0 Å². The molecule has 0 bridgehead atoms. The minimum Gasteiger partial charge on any atom is -0.396 e. The van der Waals surface area contributed by atoms with Crippen LogP contribution in [0.25, 0.3) is 0 Å². The first-order valence-corrected chi connectivity index (χ1v) is 7.75. The number of aromatic nitrogens is 1. The second kappa shape index (κ2) is 6.52. The molecule has 2 amide bonds. The fraction of sp³-hybridized carbons (Fsp3) is 0.625. The molecule has 1 aliphatic rings. The van der Waals surface area contributed by atoms with Crippen molar-refractivity contribution in [3.63, 3.8) is 0 Å². The summed E-state index contributed by atoms with van der Waals surface area (Å²) in [6, 6.07) is 1.36. The molecular formula is C16H25N3O3. The molecule has 0 saturated carbocycles. The number of anilines is 1. The molecule has 0 aliphatic carbocycles. The zero-order chi connectivity index (χ0) is 16.3. The fourth-order valence-corrected chi connectivity index (χ4v) is 2.86. The first-order chi connectivity index (χ1) is 10.4. The smallest absolute Gasteiger partial charge is 0.321 e. The number of carbonyl (C=O) groups is 1. The van der Waals surface area contributed by atoms with E-state index < -0.39 is 0 Å². The van der Waals surface area contributed by atoms with E-state index in [0.717, 1.165) is 24.8 Å². The summed E-state index contributed by atoms with van der Waals surface area (Å²) < 4.78 is 1.45. The lowest BCUT2D eigenvalue weighted by molar-refractivity contribution is 0.0542. The van der Waals surface area contributed by atoms with Crippen molar-refractivity contribution in [2.75, 3.05) is 25.0 Å². The molecule has 0 spiro atoms. The topological polar surface area (TPSA) is 74.6 Å². The zero-order valence-corrected chi connectivity index (χ0v) is 13.6. The van der Waals surface area contributed by atoms with Crippen molar-refractivity contribution in [1.29, 1.82) is 0 Å². The Hall–Kier alpha value is -1.82. The Labute approximate surface area is 130 Å². The van der Waals surface area contributed by atoms with E-state index in [-0.39, 0.29) is 23.6 Å². The first kappa shape index (κ1) is 16.5. The normalized spacial score (nSPS) is 17.4. The molecule has 1 aromatic rings. The number of rotatable bonds is 3. The van der Waals surface area contributed by atoms with Crippen LogP contribution in [0.1, 0.15) is 31.7 Å². The van der Waals surface area contributed by atoms with Crippen LogP contribution in [-0.4, -0.2) is 40.3 Å². The summed E-state index contributed by atoms with van der Waals surface area (Å²) >= 11 is 0. The van der Waals surface area contributed by atoms with E-state index in [1.165, 1.54) is 10.6 Å². The van der Waals surface area contributed by atoms with Crippen LogP contribution in [0, 0.1) is 12.3 Å². The average molecular weight is 307 g/mol. The van der Waals surface area contributed by atoms with Crippen LogP contribution in [-0.2, 0) is 7.05 Å². The van der Waals surface area contributed by atoms with E-state index in [2.05, 4.69) is 12.2 Å². The Morgan fingerprint density at radius 1 is 1.41 bits per heavy atom. The molecule has 6 heteroatoms. The highest BCUT2D eigenvalue weighted by Crippen LogP contribution is 2.34. The Morgan fingerprint density at radius 2 is 2.05 bits per heavy atom. The van der Waals surface area contributed by atoms with Gasteiger partial charge in [-0.1, -0.05) is 6.92 Å². The predicted molar refractivity (Wildman–Crippen MR) is 86.1 cm³/mol. The van der Waals surface area contributed by atoms with Gasteiger partial charge in [-0.15, -0.1) is 0 Å². The van der Waals surface area contributed by atoms with Gasteiger partial charge in [0.05, 0.1) is 5.69 Å². The molecule has 1 aromatic heterocycles. The molecule has 122 valence electrons. The SMILES string of the molecule is CCC1(CO)CCN(C(=O)Nc2cn(C)c(=O)cc2C)CC1. The molecule has 2 rings (SSSR count). The molecule has 1 saturated heterocycles. The van der Waals surface area contributed by atoms with Gasteiger partial charge in [-0.25, -0.2) is 4.79 Å². The van der Waals surface area contributed by atoms with Crippen LogP contribution in [0.2, 0.25) is 0 Å². The predicted octanol–water partition coefficient (Wildman–Crippen LogP) is 1.71. The van der Waals surface area contributed by atoms with Gasteiger partial charge >= 0.3 is 6.03 Å². The second-order valence-electron chi connectivity index (χ2n) is 6.25. The van der Waals surface area contributed by atoms with Crippen LogP contribution in [0.3, 0.4) is 0 Å². The minimum atomic E-state index is -0.149. The number of aliphatic hydroxyl groups is 1. The quantitative estimate of drug-likeness (QED) is 0.892. The number of nitrogens with zero attached hydrogens (tertiary/aromatic N) is 2. The van der Waals surface area contributed by atoms with Crippen molar-refractivity contribution in [3.05, 3.63) is 28.2 Å². The third-order valence-electron chi connectivity index (χ3n) is 4.87. The van der Waals surface area contributed by atoms with Gasteiger partial charge in [0.2, 0.25) is 0 Å². The van der Waals surface area contributed by atoms with Gasteiger partial charge in [0.1, 0.15) is 0 Å². The number of urea groups is 1. The molecule has 0 atom stereocenters. The highest BCUT2D eigenvalue weighted by Gasteiger charge is 2.33. The molecule has 0 unspecified atom stereocenters. The van der Waals surface area contributed by atoms with Gasteiger partial charge in [0.15, 0.2) is 0 Å². The van der Waals surface area contributed by atoms with Crippen LogP contribution in [0.15, 0.2) is 17.1 Å². The highest BCUT2D eigenvalue weighted by atomic mass is 16.3. The van der Waals surface area contributed by atoms with E-state index >= 15 is 0 Å². The lowest BCUT2D eigenvalue weighted by Gasteiger charge is -2.40. The molecular weight excluding hydrogens is 282 g/mol. The van der Waals surface area contributed by atoms with Crippen LogP contribution in [0.4, 0.5) is 10.5 Å². The largest absolute Gasteiger partial charge is 0.396 e. The van der Waals surface area contributed by atoms with Crippen molar-refractivity contribution in [2.45, 2.75) is 33.1 Å². The molecule has 1 aliphatic heterocycles. The zero-order valence-electron chi connectivity index (χ0n) is 13.6. The first-order valence-electron chi connectivity index (χ1n) is 7.75. The number of aryl methyl sites for hydroxylation is 2. The molecule has 2 N–H and O–H groups in total. The number of amides is 2. The number of likely N-dealkylation sites (tertiary alicyclic amines) is 1. The standard InChI is InChI=1S/C16H25N3O3/c1-4-16(11-20)5-7-19(8-6-16)15(22)17-13-10-18(3)14(21)9-12(13)2/h9-10,20H,4-8,11H2,1-3H3,(H,17,22). The minimum absolute atomic E-state index is 0.0384. The third kappa shape index (κ3) is 3.32. The van der Waals surface area contributed by atoms with Gasteiger partial charge in [0, 0.05) is 39.0 Å². The van der Waals surface area contributed by atoms with E-state index in [9.17, 15) is 14.7 Å². The Bertz CT molecular complexity index is 595. The number of carbonyl (C=O) groups excluding carboxylic acids is 1. The lowest BCUT2D eigenvalue weighted by Crippen LogP contribution is -2.46. The van der Waals surface area contributed by atoms with Crippen molar-refractivity contribution < 1.29 is 9.90 Å². The summed E-state index contributed by atoms with van der Waals surface area (Å²) in [4.78, 5) is 25.7. The van der Waals surface area contributed by atoms with Gasteiger partial charge in [-0.3, -0.25) is 4.79 Å². The summed E-state index contributed by atoms with van der Waals surface area (Å²) in [7, 11) is 1.66. The maximum atomic E-state index is 12.4. The van der Waals surface area contributed by atoms with Gasteiger partial charge < -0.3 is 19.9 Å². The number of nitrogens with one attached hydrogen (secondary N) is 1. The monoisotopic (exact) mass is 307 g/mol. The summed E-state index contributed by atoms with van der Waals surface area (Å²) in [5.41, 5.74) is 1.28. The van der Waals surface area contributed by atoms with E-state index in [0.29, 0.717) is 18.8 Å². The summed E-state index contributed by atoms with van der Waals surface area (Å²) in [6.45, 7) is 5.36. The van der Waals surface area contributed by atoms with E-state index in [4.69, 9.17) is 0 Å². The summed E-state index contributed by atoms with van der Waals surface area (Å²) in [5.74, 6) is 0. The highest BCUT2D eigenvalue weighted by molar-refractivity contribution is 5.90. The van der Waals surface area contributed by atoms with Crippen molar-refractivity contribution in [1.82, 2.24) is 9.47 Å². The maximum absolute atomic E-state index is 12.4. The number of aliphatic hydroxyl groups excluding tert-OH is 1. The number of hydrogen-bond acceptors (Lipinski definition) is 3. The third-order valence-corrected chi connectivity index (χ3v) is 4.87. The number of hydrogen-bond donors (Lipinski definition) is 2. The molecule has 22 heavy (non-hydrogen) atoms. The van der Waals surface area contributed by atoms with Gasteiger partial charge in [-0.05, 0) is 37.2 Å². The van der Waals surface area contributed by atoms with E-state index in [1.54, 1.807) is 25.1 Å². The fourth-order valence-electron chi connectivity index (χ4n) is 2.86. The summed E-state index contributed by atoms with van der Waals surface area (Å²) in [6.07, 6.45) is 4.21. The van der Waals surface area contributed by atoms with Crippen molar-refractivity contribution in [3.8, 4) is 0 Å². The molecule has 0 radical (unpaired) electrons. The van der Waals surface area contributed by atoms with Gasteiger partial charge in [-0.2, -0.15) is 0 Å². The van der Waals surface area contributed by atoms with Gasteiger partial charge in [0.25, 0.3) is 5.56 Å². The average Bonchev–Trinajstić information content (AvgIpc) is 2.52. The van der Waals surface area contributed by atoms with Crippen molar-refractivity contribution in [2.24, 2.45) is 12.5 Å². The second-order valence-corrected chi connectivity index (χ2v) is 6.25. The van der Waals surface area contributed by atoms with Crippen LogP contribution in [0.5, 0.6) is 0 Å². The summed E-state index contributed by atoms with van der Waals surface area (Å²) in [5, 5.41) is 12.4. The van der Waals surface area contributed by atoms with Crippen LogP contribution >= 0.6 is 0 Å². The maximum Gasteiger partial charge on any atom is 0.321 e. The molecule has 0 aromatic carbocycles. The Kier molecular flexibility index (Phi) is 4.90. The Balaban J connectivity index is 2.02. The number of piperidine rings is 1. The molecule has 2 heterocycles. The Morgan fingerprint density at radius 3 is 2.59 bits per heavy atom.